The van der Waals surface area contributed by atoms with Crippen molar-refractivity contribution >= 4 is 0 Å². The topological polar surface area (TPSA) is 33.7 Å². The van der Waals surface area contributed by atoms with Gasteiger partial charge in [-0.3, -0.25) is 4.90 Å². The van der Waals surface area contributed by atoms with E-state index in [1.54, 1.807) is 14.2 Å². The van der Waals surface area contributed by atoms with Crippen molar-refractivity contribution < 1.29 is 9.47 Å². The third kappa shape index (κ3) is 4.84. The first-order chi connectivity index (χ1) is 8.72. The van der Waals surface area contributed by atoms with Crippen LogP contribution in [-0.2, 0) is 9.47 Å². The largest absolute Gasteiger partial charge is 0.383 e. The van der Waals surface area contributed by atoms with E-state index in [0.29, 0.717) is 18.1 Å². The summed E-state index contributed by atoms with van der Waals surface area (Å²) in [6.45, 7) is 4.85. The van der Waals surface area contributed by atoms with Gasteiger partial charge in [-0.25, -0.2) is 0 Å². The zero-order valence-electron chi connectivity index (χ0n) is 12.4. The van der Waals surface area contributed by atoms with Gasteiger partial charge in [-0.15, -0.1) is 0 Å². The monoisotopic (exact) mass is 258 g/mol. The summed E-state index contributed by atoms with van der Waals surface area (Å²) < 4.78 is 10.6. The van der Waals surface area contributed by atoms with Crippen molar-refractivity contribution in [3.63, 3.8) is 0 Å². The molecule has 0 aromatic carbocycles. The summed E-state index contributed by atoms with van der Waals surface area (Å²) in [6, 6.07) is 1.80. The molecule has 4 heteroatoms. The summed E-state index contributed by atoms with van der Waals surface area (Å²) in [5, 5.41) is 3.43. The molecule has 0 radical (unpaired) electrons. The highest BCUT2D eigenvalue weighted by atomic mass is 16.5. The Labute approximate surface area is 112 Å². The number of hydrogen-bond acceptors (Lipinski definition) is 4. The van der Waals surface area contributed by atoms with Crippen LogP contribution in [0.4, 0.5) is 0 Å². The first-order valence-corrected chi connectivity index (χ1v) is 7.13. The Morgan fingerprint density at radius 2 is 2.06 bits per heavy atom. The first kappa shape index (κ1) is 15.9. The van der Waals surface area contributed by atoms with Crippen LogP contribution in [0.1, 0.15) is 32.6 Å². The Balaban J connectivity index is 2.56. The molecule has 0 aromatic heterocycles. The summed E-state index contributed by atoms with van der Waals surface area (Å²) in [5.74, 6) is 0. The van der Waals surface area contributed by atoms with E-state index in [-0.39, 0.29) is 0 Å². The molecule has 0 heterocycles. The number of rotatable bonds is 8. The average Bonchev–Trinajstić information content (AvgIpc) is 2.40. The van der Waals surface area contributed by atoms with Crippen LogP contribution in [0.15, 0.2) is 0 Å². The van der Waals surface area contributed by atoms with Gasteiger partial charge in [-0.1, -0.05) is 6.42 Å². The molecule has 1 rings (SSSR count). The van der Waals surface area contributed by atoms with Crippen molar-refractivity contribution in [1.29, 1.82) is 0 Å². The highest BCUT2D eigenvalue weighted by Gasteiger charge is 2.28. The van der Waals surface area contributed by atoms with Gasteiger partial charge in [-0.05, 0) is 33.2 Å². The quantitative estimate of drug-likeness (QED) is 0.715. The van der Waals surface area contributed by atoms with Crippen LogP contribution in [0.5, 0.6) is 0 Å². The fourth-order valence-electron chi connectivity index (χ4n) is 3.02. The number of methoxy groups -OCH3 is 2. The minimum Gasteiger partial charge on any atom is -0.383 e. The summed E-state index contributed by atoms with van der Waals surface area (Å²) in [7, 11) is 5.63. The number of hydrogen-bond donors (Lipinski definition) is 1. The molecule has 0 aliphatic heterocycles. The van der Waals surface area contributed by atoms with Crippen LogP contribution in [0, 0.1) is 0 Å². The van der Waals surface area contributed by atoms with Gasteiger partial charge in [0.2, 0.25) is 0 Å². The van der Waals surface area contributed by atoms with Crippen LogP contribution in [0.3, 0.4) is 0 Å². The second kappa shape index (κ2) is 8.86. The summed E-state index contributed by atoms with van der Waals surface area (Å²) in [4.78, 5) is 2.57. The molecule has 0 saturated heterocycles. The minimum absolute atomic E-state index is 0.464. The molecule has 3 unspecified atom stereocenters. The molecule has 0 aromatic rings. The minimum atomic E-state index is 0.464. The van der Waals surface area contributed by atoms with Crippen molar-refractivity contribution in [2.75, 3.05) is 41.0 Å². The smallest absolute Gasteiger partial charge is 0.0615 e. The van der Waals surface area contributed by atoms with Gasteiger partial charge in [0.05, 0.1) is 13.2 Å². The van der Waals surface area contributed by atoms with Crippen molar-refractivity contribution in [3.8, 4) is 0 Å². The molecule has 1 N–H and O–H groups in total. The van der Waals surface area contributed by atoms with Crippen LogP contribution >= 0.6 is 0 Å². The van der Waals surface area contributed by atoms with Crippen LogP contribution in [0.25, 0.3) is 0 Å². The first-order valence-electron chi connectivity index (χ1n) is 7.13. The molecular formula is C14H30N2O2. The van der Waals surface area contributed by atoms with Gasteiger partial charge in [0.25, 0.3) is 0 Å². The van der Waals surface area contributed by atoms with Crippen LogP contribution < -0.4 is 5.32 Å². The third-order valence-corrected chi connectivity index (χ3v) is 4.05. The van der Waals surface area contributed by atoms with E-state index in [4.69, 9.17) is 9.47 Å². The summed E-state index contributed by atoms with van der Waals surface area (Å²) >= 11 is 0. The SMILES string of the molecule is CNC1CCCC(N(CCOC)C(C)COC)C1. The van der Waals surface area contributed by atoms with Crippen LogP contribution in [0.2, 0.25) is 0 Å². The Hall–Kier alpha value is -0.160. The predicted octanol–water partition coefficient (Wildman–Crippen LogP) is 1.50. The van der Waals surface area contributed by atoms with Gasteiger partial charge in [0.1, 0.15) is 0 Å². The van der Waals surface area contributed by atoms with Crippen molar-refractivity contribution in [3.05, 3.63) is 0 Å². The fraction of sp³-hybridized carbons (Fsp3) is 1.00. The molecule has 3 atom stereocenters. The van der Waals surface area contributed by atoms with Crippen molar-refractivity contribution in [2.45, 2.75) is 50.7 Å². The highest BCUT2D eigenvalue weighted by molar-refractivity contribution is 4.85. The molecule has 1 saturated carbocycles. The lowest BCUT2D eigenvalue weighted by molar-refractivity contribution is 0.0311. The van der Waals surface area contributed by atoms with Crippen molar-refractivity contribution in [2.24, 2.45) is 0 Å². The highest BCUT2D eigenvalue weighted by Crippen LogP contribution is 2.24. The maximum Gasteiger partial charge on any atom is 0.0615 e. The molecule has 108 valence electrons. The molecule has 0 spiro atoms. The Morgan fingerprint density at radius 1 is 1.28 bits per heavy atom. The van der Waals surface area contributed by atoms with E-state index in [2.05, 4.69) is 24.2 Å². The number of nitrogens with one attached hydrogen (secondary N) is 1. The molecule has 0 bridgehead atoms. The maximum absolute atomic E-state index is 5.31. The molecule has 1 fully saturated rings. The summed E-state index contributed by atoms with van der Waals surface area (Å²) in [6.07, 6.45) is 5.17. The molecule has 1 aliphatic carbocycles. The Morgan fingerprint density at radius 3 is 2.67 bits per heavy atom. The van der Waals surface area contributed by atoms with E-state index in [1.165, 1.54) is 25.7 Å². The molecule has 4 nitrogen and oxygen atoms in total. The zero-order valence-corrected chi connectivity index (χ0v) is 12.4. The Bertz CT molecular complexity index is 214. The van der Waals surface area contributed by atoms with E-state index in [9.17, 15) is 0 Å². The van der Waals surface area contributed by atoms with Gasteiger partial charge >= 0.3 is 0 Å². The van der Waals surface area contributed by atoms with Crippen LogP contribution in [-0.4, -0.2) is 64.1 Å². The zero-order chi connectivity index (χ0) is 13.4. The molecule has 18 heavy (non-hydrogen) atoms. The van der Waals surface area contributed by atoms with Gasteiger partial charge < -0.3 is 14.8 Å². The van der Waals surface area contributed by atoms with Gasteiger partial charge in [0, 0.05) is 38.9 Å². The maximum atomic E-state index is 5.31. The van der Waals surface area contributed by atoms with E-state index < -0.39 is 0 Å². The third-order valence-electron chi connectivity index (χ3n) is 4.05. The average molecular weight is 258 g/mol. The lowest BCUT2D eigenvalue weighted by Crippen LogP contribution is -2.49. The normalized spacial score (nSPS) is 26.5. The number of ether oxygens (including phenoxy) is 2. The lowest BCUT2D eigenvalue weighted by Gasteiger charge is -2.40. The second-order valence-corrected chi connectivity index (χ2v) is 5.34. The van der Waals surface area contributed by atoms with E-state index >= 15 is 0 Å². The van der Waals surface area contributed by atoms with E-state index in [1.807, 2.05) is 0 Å². The number of nitrogens with zero attached hydrogens (tertiary/aromatic N) is 1. The molecule has 1 aliphatic rings. The molecule has 0 amide bonds. The summed E-state index contributed by atoms with van der Waals surface area (Å²) in [5.41, 5.74) is 0. The standard InChI is InChI=1S/C14H30N2O2/c1-12(11-18-4)16(8-9-17-3)14-7-5-6-13(10-14)15-2/h12-15H,5-11H2,1-4H3. The van der Waals surface area contributed by atoms with Gasteiger partial charge in [0.15, 0.2) is 0 Å². The van der Waals surface area contributed by atoms with E-state index in [0.717, 1.165) is 19.8 Å². The predicted molar refractivity (Wildman–Crippen MR) is 75.0 cm³/mol. The molecular weight excluding hydrogens is 228 g/mol. The fourth-order valence-corrected chi connectivity index (χ4v) is 3.02. The van der Waals surface area contributed by atoms with Crippen molar-refractivity contribution in [1.82, 2.24) is 10.2 Å². The Kier molecular flexibility index (Phi) is 7.82. The van der Waals surface area contributed by atoms with Gasteiger partial charge in [-0.2, -0.15) is 0 Å². The lowest BCUT2D eigenvalue weighted by atomic mass is 9.89. The second-order valence-electron chi connectivity index (χ2n) is 5.34.